The smallest absolute Gasteiger partial charge is 0.270 e. The molecule has 17 heavy (non-hydrogen) atoms. The molecule has 2 rings (SSSR count). The number of aryl methyl sites for hydroxylation is 1. The summed E-state index contributed by atoms with van der Waals surface area (Å²) in [5, 5.41) is 7.23. The van der Waals surface area contributed by atoms with Gasteiger partial charge in [0.2, 0.25) is 0 Å². The van der Waals surface area contributed by atoms with Crippen LogP contribution in [0, 0.1) is 0 Å². The van der Waals surface area contributed by atoms with Crippen molar-refractivity contribution in [3.05, 3.63) is 30.1 Å². The highest BCUT2D eigenvalue weighted by Crippen LogP contribution is 2.18. The molecule has 0 radical (unpaired) electrons. The standard InChI is InChI=1S/C13H19N3O/c1-3-6-10-9-14-16(2)12(10)13(17)15-11-7-4-5-8-11/h3,9,11H,1,4-8H2,2H3,(H,15,17). The number of nitrogens with one attached hydrogen (secondary N) is 1. The molecule has 92 valence electrons. The van der Waals surface area contributed by atoms with Crippen LogP contribution in [-0.2, 0) is 13.5 Å². The Morgan fingerprint density at radius 1 is 1.65 bits per heavy atom. The maximum atomic E-state index is 12.2. The first-order valence-corrected chi connectivity index (χ1v) is 6.15. The number of hydrogen-bond donors (Lipinski definition) is 1. The molecule has 1 saturated carbocycles. The van der Waals surface area contributed by atoms with E-state index in [0.717, 1.165) is 18.4 Å². The minimum Gasteiger partial charge on any atom is -0.348 e. The lowest BCUT2D eigenvalue weighted by Gasteiger charge is -2.12. The van der Waals surface area contributed by atoms with Gasteiger partial charge in [0.15, 0.2) is 0 Å². The molecular formula is C13H19N3O. The molecule has 0 aliphatic heterocycles. The number of hydrogen-bond acceptors (Lipinski definition) is 2. The Balaban J connectivity index is 2.11. The lowest BCUT2D eigenvalue weighted by Crippen LogP contribution is -2.34. The summed E-state index contributed by atoms with van der Waals surface area (Å²) in [7, 11) is 1.80. The largest absolute Gasteiger partial charge is 0.348 e. The predicted octanol–water partition coefficient (Wildman–Crippen LogP) is 1.82. The summed E-state index contributed by atoms with van der Waals surface area (Å²) in [4.78, 5) is 12.2. The zero-order valence-corrected chi connectivity index (χ0v) is 10.3. The monoisotopic (exact) mass is 233 g/mol. The summed E-state index contributed by atoms with van der Waals surface area (Å²) in [6.45, 7) is 3.70. The van der Waals surface area contributed by atoms with Crippen LogP contribution < -0.4 is 5.32 Å². The fourth-order valence-electron chi connectivity index (χ4n) is 2.40. The molecule has 0 spiro atoms. The Kier molecular flexibility index (Phi) is 3.61. The molecule has 0 aromatic carbocycles. The second kappa shape index (κ2) is 5.17. The van der Waals surface area contributed by atoms with Crippen molar-refractivity contribution in [2.75, 3.05) is 0 Å². The average Bonchev–Trinajstić information content (AvgIpc) is 2.89. The SMILES string of the molecule is C=CCc1cnn(C)c1C(=O)NC1CCCC1. The maximum Gasteiger partial charge on any atom is 0.270 e. The van der Waals surface area contributed by atoms with Gasteiger partial charge in [0.1, 0.15) is 5.69 Å². The van der Waals surface area contributed by atoms with Gasteiger partial charge in [-0.25, -0.2) is 0 Å². The molecule has 1 aromatic heterocycles. The van der Waals surface area contributed by atoms with E-state index in [-0.39, 0.29) is 5.91 Å². The van der Waals surface area contributed by atoms with Crippen molar-refractivity contribution in [3.63, 3.8) is 0 Å². The number of carbonyl (C=O) groups excluding carboxylic acids is 1. The fourth-order valence-corrected chi connectivity index (χ4v) is 2.40. The van der Waals surface area contributed by atoms with E-state index >= 15 is 0 Å². The molecule has 1 aliphatic carbocycles. The first-order valence-electron chi connectivity index (χ1n) is 6.15. The first kappa shape index (κ1) is 11.9. The number of nitrogens with zero attached hydrogens (tertiary/aromatic N) is 2. The number of allylic oxidation sites excluding steroid dienone is 1. The molecule has 0 unspecified atom stereocenters. The second-order valence-electron chi connectivity index (χ2n) is 4.59. The van der Waals surface area contributed by atoms with Crippen molar-refractivity contribution in [1.82, 2.24) is 15.1 Å². The Labute approximate surface area is 102 Å². The van der Waals surface area contributed by atoms with Crippen LogP contribution in [0.2, 0.25) is 0 Å². The van der Waals surface area contributed by atoms with Crippen molar-refractivity contribution >= 4 is 5.91 Å². The van der Waals surface area contributed by atoms with Gasteiger partial charge in [-0.1, -0.05) is 18.9 Å². The molecule has 1 aromatic rings. The Morgan fingerprint density at radius 2 is 2.35 bits per heavy atom. The van der Waals surface area contributed by atoms with Crippen molar-refractivity contribution in [1.29, 1.82) is 0 Å². The minimum absolute atomic E-state index is 0.00579. The lowest BCUT2D eigenvalue weighted by atomic mass is 10.1. The summed E-state index contributed by atoms with van der Waals surface area (Å²) >= 11 is 0. The Morgan fingerprint density at radius 3 is 3.00 bits per heavy atom. The summed E-state index contributed by atoms with van der Waals surface area (Å²) in [5.41, 5.74) is 1.61. The normalized spacial score (nSPS) is 16.1. The van der Waals surface area contributed by atoms with Crippen molar-refractivity contribution in [2.24, 2.45) is 7.05 Å². The molecule has 1 N–H and O–H groups in total. The first-order chi connectivity index (χ1) is 8.22. The molecule has 0 atom stereocenters. The second-order valence-corrected chi connectivity index (χ2v) is 4.59. The highest BCUT2D eigenvalue weighted by molar-refractivity contribution is 5.94. The van der Waals surface area contributed by atoms with Gasteiger partial charge in [-0.2, -0.15) is 5.10 Å². The van der Waals surface area contributed by atoms with E-state index in [9.17, 15) is 4.79 Å². The van der Waals surface area contributed by atoms with Crippen LogP contribution >= 0.6 is 0 Å². The van der Waals surface area contributed by atoms with Crippen LogP contribution in [0.15, 0.2) is 18.9 Å². The number of amides is 1. The van der Waals surface area contributed by atoms with Crippen LogP contribution in [0.4, 0.5) is 0 Å². The third kappa shape index (κ3) is 2.57. The molecule has 0 saturated heterocycles. The van der Waals surface area contributed by atoms with Gasteiger partial charge in [-0.05, 0) is 19.3 Å². The summed E-state index contributed by atoms with van der Waals surface area (Å²) < 4.78 is 1.64. The lowest BCUT2D eigenvalue weighted by molar-refractivity contribution is 0.0927. The Bertz CT molecular complexity index is 416. The highest BCUT2D eigenvalue weighted by Gasteiger charge is 2.21. The number of aromatic nitrogens is 2. The predicted molar refractivity (Wildman–Crippen MR) is 66.8 cm³/mol. The van der Waals surface area contributed by atoms with Gasteiger partial charge in [-0.3, -0.25) is 9.48 Å². The zero-order valence-electron chi connectivity index (χ0n) is 10.3. The average molecular weight is 233 g/mol. The molecule has 1 fully saturated rings. The van der Waals surface area contributed by atoms with Crippen LogP contribution in [0.1, 0.15) is 41.7 Å². The zero-order chi connectivity index (χ0) is 12.3. The van der Waals surface area contributed by atoms with E-state index in [0.29, 0.717) is 18.2 Å². The summed E-state index contributed by atoms with van der Waals surface area (Å²) in [6.07, 6.45) is 8.85. The third-order valence-corrected chi connectivity index (χ3v) is 3.28. The van der Waals surface area contributed by atoms with E-state index in [4.69, 9.17) is 0 Å². The Hall–Kier alpha value is -1.58. The van der Waals surface area contributed by atoms with Gasteiger partial charge >= 0.3 is 0 Å². The van der Waals surface area contributed by atoms with Crippen LogP contribution in [-0.4, -0.2) is 21.7 Å². The third-order valence-electron chi connectivity index (χ3n) is 3.28. The molecule has 4 nitrogen and oxygen atoms in total. The topological polar surface area (TPSA) is 46.9 Å². The van der Waals surface area contributed by atoms with Gasteiger partial charge in [0.05, 0.1) is 6.20 Å². The van der Waals surface area contributed by atoms with E-state index < -0.39 is 0 Å². The molecule has 1 heterocycles. The summed E-state index contributed by atoms with van der Waals surface area (Å²) in [5.74, 6) is -0.00579. The minimum atomic E-state index is -0.00579. The molecule has 0 bridgehead atoms. The van der Waals surface area contributed by atoms with Crippen molar-refractivity contribution in [2.45, 2.75) is 38.1 Å². The van der Waals surface area contributed by atoms with Crippen LogP contribution in [0.3, 0.4) is 0 Å². The van der Waals surface area contributed by atoms with E-state index in [1.807, 2.05) is 0 Å². The number of carbonyl (C=O) groups is 1. The molecule has 1 amide bonds. The maximum absolute atomic E-state index is 12.2. The van der Waals surface area contributed by atoms with E-state index in [1.54, 1.807) is 24.0 Å². The van der Waals surface area contributed by atoms with E-state index in [2.05, 4.69) is 17.0 Å². The summed E-state index contributed by atoms with van der Waals surface area (Å²) in [6, 6.07) is 0.342. The van der Waals surface area contributed by atoms with Gasteiger partial charge < -0.3 is 5.32 Å². The van der Waals surface area contributed by atoms with Crippen LogP contribution in [0.25, 0.3) is 0 Å². The molecular weight excluding hydrogens is 214 g/mol. The van der Waals surface area contributed by atoms with Gasteiger partial charge in [0.25, 0.3) is 5.91 Å². The van der Waals surface area contributed by atoms with Gasteiger partial charge in [0, 0.05) is 18.7 Å². The quantitative estimate of drug-likeness (QED) is 0.806. The molecule has 1 aliphatic rings. The van der Waals surface area contributed by atoms with Crippen molar-refractivity contribution < 1.29 is 4.79 Å². The van der Waals surface area contributed by atoms with Gasteiger partial charge in [-0.15, -0.1) is 6.58 Å². The molecule has 4 heteroatoms. The van der Waals surface area contributed by atoms with Crippen LogP contribution in [0.5, 0.6) is 0 Å². The van der Waals surface area contributed by atoms with E-state index in [1.165, 1.54) is 12.8 Å². The van der Waals surface area contributed by atoms with Crippen molar-refractivity contribution in [3.8, 4) is 0 Å². The highest BCUT2D eigenvalue weighted by atomic mass is 16.2. The number of rotatable bonds is 4. The fraction of sp³-hybridized carbons (Fsp3) is 0.538.